The van der Waals surface area contributed by atoms with Crippen molar-refractivity contribution >= 4 is 15.9 Å². The Hall–Kier alpha value is -1.45. The number of aromatic nitrogens is 2. The minimum absolute atomic E-state index is 0.0579. The molecule has 0 bridgehead atoms. The van der Waals surface area contributed by atoms with Gasteiger partial charge in [0.05, 0.1) is 18.4 Å². The first-order valence-electron chi connectivity index (χ1n) is 7.24. The van der Waals surface area contributed by atoms with Crippen molar-refractivity contribution in [2.45, 2.75) is 26.4 Å². The zero-order chi connectivity index (χ0) is 16.3. The highest BCUT2D eigenvalue weighted by Crippen LogP contribution is 2.27. The second-order valence-corrected chi connectivity index (χ2v) is 7.32. The number of sulfonamides is 1. The number of hydrogen-bond acceptors (Lipinski definition) is 5. The molecule has 0 saturated carbocycles. The fraction of sp³-hybridized carbons (Fsp3) is 0.692. The number of fused-ring (bicyclic) bond motifs is 1. The van der Waals surface area contributed by atoms with Crippen LogP contribution in [0.4, 0.5) is 0 Å². The average Bonchev–Trinajstić information content (AvgIpc) is 2.92. The Morgan fingerprint density at radius 1 is 1.50 bits per heavy atom. The molecule has 1 aromatic rings. The van der Waals surface area contributed by atoms with Crippen LogP contribution in [-0.4, -0.2) is 60.7 Å². The van der Waals surface area contributed by atoms with Crippen LogP contribution in [0.25, 0.3) is 0 Å². The monoisotopic (exact) mass is 330 g/mol. The molecular weight excluding hydrogens is 308 g/mol. The van der Waals surface area contributed by atoms with E-state index in [4.69, 9.17) is 4.74 Å². The number of methoxy groups -OCH3 is 1. The lowest BCUT2D eigenvalue weighted by Gasteiger charge is -2.32. The number of nitrogens with zero attached hydrogens (tertiary/aromatic N) is 3. The second-order valence-electron chi connectivity index (χ2n) is 5.11. The van der Waals surface area contributed by atoms with Crippen LogP contribution in [-0.2, 0) is 21.3 Å². The van der Waals surface area contributed by atoms with Gasteiger partial charge >= 0.3 is 0 Å². The number of carbonyl (C=O) groups is 1. The summed E-state index contributed by atoms with van der Waals surface area (Å²) in [6, 6.07) is -0.376. The molecule has 1 aliphatic heterocycles. The number of rotatable bonds is 6. The third kappa shape index (κ3) is 3.31. The van der Waals surface area contributed by atoms with Crippen LogP contribution in [0.5, 0.6) is 0 Å². The molecule has 1 unspecified atom stereocenters. The van der Waals surface area contributed by atoms with Gasteiger partial charge in [-0.15, -0.1) is 0 Å². The van der Waals surface area contributed by atoms with Gasteiger partial charge in [0.15, 0.2) is 0 Å². The normalized spacial score (nSPS) is 19.0. The Labute approximate surface area is 130 Å². The van der Waals surface area contributed by atoms with Crippen LogP contribution in [0.15, 0.2) is 6.20 Å². The van der Waals surface area contributed by atoms with E-state index in [1.54, 1.807) is 27.2 Å². The minimum atomic E-state index is -3.28. The Morgan fingerprint density at radius 2 is 2.23 bits per heavy atom. The molecule has 22 heavy (non-hydrogen) atoms. The summed E-state index contributed by atoms with van der Waals surface area (Å²) in [7, 11) is -1.72. The van der Waals surface area contributed by atoms with Crippen molar-refractivity contribution in [1.29, 1.82) is 0 Å². The molecule has 2 heterocycles. The van der Waals surface area contributed by atoms with Gasteiger partial charge in [-0.05, 0) is 13.8 Å². The average molecular weight is 330 g/mol. The molecule has 9 heteroatoms. The second kappa shape index (κ2) is 6.76. The summed E-state index contributed by atoms with van der Waals surface area (Å²) < 4.78 is 32.3. The first-order chi connectivity index (χ1) is 10.4. The first-order valence-corrected chi connectivity index (χ1v) is 8.85. The Bertz CT molecular complexity index is 640. The van der Waals surface area contributed by atoms with Crippen LogP contribution < -0.4 is 5.32 Å². The molecule has 1 N–H and O–H groups in total. The van der Waals surface area contributed by atoms with Crippen LogP contribution in [0.1, 0.15) is 36.2 Å². The number of amides is 1. The van der Waals surface area contributed by atoms with Crippen LogP contribution in [0.2, 0.25) is 0 Å². The number of carbonyl (C=O) groups excluding carboxylic acids is 1. The lowest BCUT2D eigenvalue weighted by Crippen LogP contribution is -2.41. The van der Waals surface area contributed by atoms with Gasteiger partial charge in [-0.3, -0.25) is 4.79 Å². The van der Waals surface area contributed by atoms with E-state index in [0.29, 0.717) is 37.8 Å². The fourth-order valence-electron chi connectivity index (χ4n) is 2.48. The van der Waals surface area contributed by atoms with Crippen molar-refractivity contribution in [3.63, 3.8) is 0 Å². The quantitative estimate of drug-likeness (QED) is 0.740. The maximum Gasteiger partial charge on any atom is 0.271 e. The lowest BCUT2D eigenvalue weighted by atomic mass is 10.2. The van der Waals surface area contributed by atoms with E-state index in [-0.39, 0.29) is 17.7 Å². The zero-order valence-corrected chi connectivity index (χ0v) is 13.9. The molecule has 2 rings (SSSR count). The smallest absolute Gasteiger partial charge is 0.271 e. The predicted octanol–water partition coefficient (Wildman–Crippen LogP) is -0.0144. The molecule has 8 nitrogen and oxygen atoms in total. The molecular formula is C13H22N4O4S. The molecule has 1 aliphatic rings. The van der Waals surface area contributed by atoms with E-state index in [9.17, 15) is 13.2 Å². The zero-order valence-electron chi connectivity index (χ0n) is 13.1. The molecule has 1 aromatic heterocycles. The van der Waals surface area contributed by atoms with Crippen molar-refractivity contribution in [2.24, 2.45) is 0 Å². The minimum Gasteiger partial charge on any atom is -0.383 e. The summed E-state index contributed by atoms with van der Waals surface area (Å²) in [5.74, 6) is 0.374. The van der Waals surface area contributed by atoms with Gasteiger partial charge in [0, 0.05) is 32.9 Å². The van der Waals surface area contributed by atoms with Crippen LogP contribution in [0, 0.1) is 0 Å². The third-order valence-electron chi connectivity index (χ3n) is 3.72. The van der Waals surface area contributed by atoms with Gasteiger partial charge < -0.3 is 14.6 Å². The summed E-state index contributed by atoms with van der Waals surface area (Å²) in [5.41, 5.74) is 0.300. The largest absolute Gasteiger partial charge is 0.383 e. The molecule has 1 atom stereocenters. The van der Waals surface area contributed by atoms with Crippen molar-refractivity contribution < 1.29 is 17.9 Å². The molecule has 1 amide bonds. The van der Waals surface area contributed by atoms with E-state index in [1.807, 2.05) is 4.57 Å². The van der Waals surface area contributed by atoms with Crippen molar-refractivity contribution in [3.8, 4) is 0 Å². The molecule has 124 valence electrons. The van der Waals surface area contributed by atoms with Gasteiger partial charge in [0.25, 0.3) is 5.91 Å². The van der Waals surface area contributed by atoms with Crippen LogP contribution >= 0.6 is 0 Å². The topological polar surface area (TPSA) is 93.5 Å². The summed E-state index contributed by atoms with van der Waals surface area (Å²) in [4.78, 5) is 16.3. The SMILES string of the molecule is CCS(=O)(=O)N1CCn2cc(C(=O)NCCOC)nc2C1C. The van der Waals surface area contributed by atoms with Crippen LogP contribution in [0.3, 0.4) is 0 Å². The van der Waals surface area contributed by atoms with E-state index in [1.165, 1.54) is 4.31 Å². The first kappa shape index (κ1) is 16.9. The molecule has 0 fully saturated rings. The molecule has 0 aromatic carbocycles. The lowest BCUT2D eigenvalue weighted by molar-refractivity contribution is 0.0932. The van der Waals surface area contributed by atoms with E-state index in [2.05, 4.69) is 10.3 Å². The summed E-state index contributed by atoms with van der Waals surface area (Å²) in [6.45, 7) is 5.14. The molecule has 0 spiro atoms. The van der Waals surface area contributed by atoms with Gasteiger partial charge in [0.2, 0.25) is 10.0 Å². The summed E-state index contributed by atoms with van der Waals surface area (Å²) in [5, 5.41) is 2.70. The highest BCUT2D eigenvalue weighted by Gasteiger charge is 2.33. The summed E-state index contributed by atoms with van der Waals surface area (Å²) >= 11 is 0. The van der Waals surface area contributed by atoms with E-state index in [0.717, 1.165) is 0 Å². The molecule has 0 saturated heterocycles. The number of imidazole rings is 1. The van der Waals surface area contributed by atoms with Crippen molar-refractivity contribution in [1.82, 2.24) is 19.2 Å². The number of nitrogens with one attached hydrogen (secondary N) is 1. The van der Waals surface area contributed by atoms with E-state index < -0.39 is 10.0 Å². The van der Waals surface area contributed by atoms with Gasteiger partial charge in [-0.2, -0.15) is 4.31 Å². The Kier molecular flexibility index (Phi) is 5.20. The van der Waals surface area contributed by atoms with Gasteiger partial charge in [0.1, 0.15) is 11.5 Å². The Morgan fingerprint density at radius 3 is 2.86 bits per heavy atom. The van der Waals surface area contributed by atoms with Gasteiger partial charge in [-0.1, -0.05) is 0 Å². The fourth-order valence-corrected chi connectivity index (χ4v) is 3.75. The summed E-state index contributed by atoms with van der Waals surface area (Å²) in [6.07, 6.45) is 1.67. The Balaban J connectivity index is 2.17. The van der Waals surface area contributed by atoms with E-state index >= 15 is 0 Å². The standard InChI is InChI=1S/C13H22N4O4S/c1-4-22(19,20)17-7-6-16-9-11(15-12(16)10(17)2)13(18)14-5-8-21-3/h9-10H,4-8H2,1-3H3,(H,14,18). The predicted molar refractivity (Wildman–Crippen MR) is 81.0 cm³/mol. The number of hydrogen-bond donors (Lipinski definition) is 1. The van der Waals surface area contributed by atoms with Gasteiger partial charge in [-0.25, -0.2) is 13.4 Å². The molecule has 0 radical (unpaired) electrons. The highest BCUT2D eigenvalue weighted by atomic mass is 32.2. The maximum absolute atomic E-state index is 12.1. The van der Waals surface area contributed by atoms with Crippen molar-refractivity contribution in [2.75, 3.05) is 32.6 Å². The van der Waals surface area contributed by atoms with Crippen molar-refractivity contribution in [3.05, 3.63) is 17.7 Å². The molecule has 0 aliphatic carbocycles. The number of ether oxygens (including phenoxy) is 1. The highest BCUT2D eigenvalue weighted by molar-refractivity contribution is 7.89. The third-order valence-corrected chi connectivity index (χ3v) is 5.66. The maximum atomic E-state index is 12.1.